The van der Waals surface area contributed by atoms with E-state index in [1.807, 2.05) is 0 Å². The average Bonchev–Trinajstić information content (AvgIpc) is 2.09. The molecule has 0 aliphatic rings. The third kappa shape index (κ3) is 11.2. The number of hydrogen-bond acceptors (Lipinski definition) is 1. The molecule has 0 spiro atoms. The molecule has 0 saturated heterocycles. The molecule has 0 radical (unpaired) electrons. The maximum absolute atomic E-state index is 10.1. The van der Waals surface area contributed by atoms with Crippen molar-refractivity contribution in [2.24, 2.45) is 0 Å². The van der Waals surface area contributed by atoms with Gasteiger partial charge in [-0.05, 0) is 25.7 Å². The predicted octanol–water partition coefficient (Wildman–Crippen LogP) is 3.38. The molecule has 0 aliphatic heterocycles. The van der Waals surface area contributed by atoms with Gasteiger partial charge in [0.2, 0.25) is 0 Å². The van der Waals surface area contributed by atoms with Crippen LogP contribution < -0.4 is 0 Å². The van der Waals surface area contributed by atoms with Crippen LogP contribution in [0.2, 0.25) is 0 Å². The molecule has 2 nitrogen and oxygen atoms in total. The number of unbranched alkanes of at least 4 members (excludes halogenated alkanes) is 4. The van der Waals surface area contributed by atoms with Crippen molar-refractivity contribution >= 4 is 5.97 Å². The molecule has 76 valence electrons. The maximum Gasteiger partial charge on any atom is 0.303 e. The van der Waals surface area contributed by atoms with Gasteiger partial charge in [0.1, 0.15) is 0 Å². The highest BCUT2D eigenvalue weighted by Crippen LogP contribution is 2.02. The third-order valence-electron chi connectivity index (χ3n) is 1.90. The van der Waals surface area contributed by atoms with E-state index in [1.54, 1.807) is 0 Å². The standard InChI is InChI=1S/C11H20O2/c1-2-3-4-5-6-7-8-9-10-11(12)13/h6-7H,2-5,8-10H2,1H3,(H,12,13)/b7-6+. The van der Waals surface area contributed by atoms with Crippen LogP contribution in [-0.2, 0) is 4.79 Å². The van der Waals surface area contributed by atoms with E-state index in [9.17, 15) is 4.79 Å². The molecular weight excluding hydrogens is 164 g/mol. The van der Waals surface area contributed by atoms with E-state index in [4.69, 9.17) is 5.11 Å². The summed E-state index contributed by atoms with van der Waals surface area (Å²) in [6.45, 7) is 2.19. The smallest absolute Gasteiger partial charge is 0.303 e. The zero-order valence-corrected chi connectivity index (χ0v) is 8.46. The minimum atomic E-state index is -0.695. The molecule has 0 aromatic carbocycles. The van der Waals surface area contributed by atoms with E-state index in [0.29, 0.717) is 6.42 Å². The molecule has 0 aromatic rings. The highest BCUT2D eigenvalue weighted by atomic mass is 16.4. The van der Waals surface area contributed by atoms with Crippen LogP contribution in [0.25, 0.3) is 0 Å². The second-order valence-electron chi connectivity index (χ2n) is 3.25. The Balaban J connectivity index is 3.08. The van der Waals surface area contributed by atoms with Gasteiger partial charge in [0.15, 0.2) is 0 Å². The lowest BCUT2D eigenvalue weighted by atomic mass is 10.1. The first-order valence-electron chi connectivity index (χ1n) is 5.14. The zero-order valence-electron chi connectivity index (χ0n) is 8.46. The molecule has 0 fully saturated rings. The van der Waals surface area contributed by atoms with E-state index >= 15 is 0 Å². The number of carbonyl (C=O) groups is 1. The summed E-state index contributed by atoms with van der Waals surface area (Å²) >= 11 is 0. The Hall–Kier alpha value is -0.790. The predicted molar refractivity (Wildman–Crippen MR) is 54.8 cm³/mol. The summed E-state index contributed by atoms with van der Waals surface area (Å²) in [4.78, 5) is 10.1. The molecule has 0 heterocycles. The van der Waals surface area contributed by atoms with Gasteiger partial charge in [0.25, 0.3) is 0 Å². The van der Waals surface area contributed by atoms with Crippen molar-refractivity contribution in [3.05, 3.63) is 12.2 Å². The lowest BCUT2D eigenvalue weighted by Gasteiger charge is -1.92. The molecule has 0 amide bonds. The fourth-order valence-electron chi connectivity index (χ4n) is 1.12. The fraction of sp³-hybridized carbons (Fsp3) is 0.727. The van der Waals surface area contributed by atoms with Crippen molar-refractivity contribution in [2.45, 2.75) is 51.9 Å². The molecule has 0 unspecified atom stereocenters. The molecule has 13 heavy (non-hydrogen) atoms. The van der Waals surface area contributed by atoms with E-state index in [1.165, 1.54) is 19.3 Å². The first kappa shape index (κ1) is 12.2. The Kier molecular flexibility index (Phi) is 8.73. The van der Waals surface area contributed by atoms with Gasteiger partial charge >= 0.3 is 5.97 Å². The second-order valence-corrected chi connectivity index (χ2v) is 3.25. The molecule has 0 bridgehead atoms. The van der Waals surface area contributed by atoms with E-state index in [-0.39, 0.29) is 0 Å². The summed E-state index contributed by atoms with van der Waals surface area (Å²) in [5.41, 5.74) is 0. The summed E-state index contributed by atoms with van der Waals surface area (Å²) in [6, 6.07) is 0. The Labute approximate surface area is 80.7 Å². The molecular formula is C11H20O2. The fourth-order valence-corrected chi connectivity index (χ4v) is 1.12. The first-order chi connectivity index (χ1) is 6.27. The summed E-state index contributed by atoms with van der Waals surface area (Å²) < 4.78 is 0. The largest absolute Gasteiger partial charge is 0.481 e. The average molecular weight is 184 g/mol. The van der Waals surface area contributed by atoms with Crippen LogP contribution in [0.1, 0.15) is 51.9 Å². The molecule has 2 heteroatoms. The lowest BCUT2D eigenvalue weighted by Crippen LogP contribution is -1.92. The number of allylic oxidation sites excluding steroid dienone is 2. The van der Waals surface area contributed by atoms with Crippen molar-refractivity contribution in [1.82, 2.24) is 0 Å². The molecule has 0 aliphatic carbocycles. The van der Waals surface area contributed by atoms with Crippen LogP contribution in [-0.4, -0.2) is 11.1 Å². The molecule has 0 saturated carbocycles. The van der Waals surface area contributed by atoms with Crippen molar-refractivity contribution in [1.29, 1.82) is 0 Å². The normalized spacial score (nSPS) is 10.8. The Bertz CT molecular complexity index is 150. The van der Waals surface area contributed by atoms with Crippen LogP contribution in [0.15, 0.2) is 12.2 Å². The van der Waals surface area contributed by atoms with Gasteiger partial charge in [-0.2, -0.15) is 0 Å². The van der Waals surface area contributed by atoms with Crippen LogP contribution in [0.5, 0.6) is 0 Å². The molecule has 0 rings (SSSR count). The first-order valence-corrected chi connectivity index (χ1v) is 5.14. The number of carboxylic acids is 1. The van der Waals surface area contributed by atoms with Crippen molar-refractivity contribution in [2.75, 3.05) is 0 Å². The number of carboxylic acid groups (broad SMARTS) is 1. The van der Waals surface area contributed by atoms with E-state index in [2.05, 4.69) is 19.1 Å². The van der Waals surface area contributed by atoms with Crippen LogP contribution in [0.4, 0.5) is 0 Å². The van der Waals surface area contributed by atoms with Gasteiger partial charge in [-0.25, -0.2) is 0 Å². The lowest BCUT2D eigenvalue weighted by molar-refractivity contribution is -0.137. The summed E-state index contributed by atoms with van der Waals surface area (Å²) in [5.74, 6) is -0.695. The molecule has 0 atom stereocenters. The minimum absolute atomic E-state index is 0.291. The Morgan fingerprint density at radius 3 is 2.31 bits per heavy atom. The SMILES string of the molecule is CCCCC/C=C/CCCC(=O)O. The molecule has 1 N–H and O–H groups in total. The van der Waals surface area contributed by atoms with Crippen LogP contribution >= 0.6 is 0 Å². The van der Waals surface area contributed by atoms with Crippen LogP contribution in [0.3, 0.4) is 0 Å². The Morgan fingerprint density at radius 1 is 1.15 bits per heavy atom. The van der Waals surface area contributed by atoms with Gasteiger partial charge in [0, 0.05) is 6.42 Å². The van der Waals surface area contributed by atoms with Gasteiger partial charge in [-0.15, -0.1) is 0 Å². The van der Waals surface area contributed by atoms with E-state index < -0.39 is 5.97 Å². The van der Waals surface area contributed by atoms with Gasteiger partial charge in [-0.3, -0.25) is 4.79 Å². The molecule has 0 aromatic heterocycles. The van der Waals surface area contributed by atoms with Gasteiger partial charge in [0.05, 0.1) is 0 Å². The van der Waals surface area contributed by atoms with Gasteiger partial charge in [-0.1, -0.05) is 31.9 Å². The highest BCUT2D eigenvalue weighted by molar-refractivity contribution is 5.66. The summed E-state index contributed by atoms with van der Waals surface area (Å²) in [5, 5.41) is 8.36. The highest BCUT2D eigenvalue weighted by Gasteiger charge is 1.92. The topological polar surface area (TPSA) is 37.3 Å². The minimum Gasteiger partial charge on any atom is -0.481 e. The maximum atomic E-state index is 10.1. The van der Waals surface area contributed by atoms with Crippen LogP contribution in [0, 0.1) is 0 Å². The Morgan fingerprint density at radius 2 is 1.77 bits per heavy atom. The van der Waals surface area contributed by atoms with Crippen molar-refractivity contribution in [3.8, 4) is 0 Å². The summed E-state index contributed by atoms with van der Waals surface area (Å²) in [6.07, 6.45) is 11.2. The van der Waals surface area contributed by atoms with Crippen molar-refractivity contribution < 1.29 is 9.90 Å². The zero-order chi connectivity index (χ0) is 9.94. The monoisotopic (exact) mass is 184 g/mol. The number of rotatable bonds is 8. The number of hydrogen-bond donors (Lipinski definition) is 1. The summed E-state index contributed by atoms with van der Waals surface area (Å²) in [7, 11) is 0. The van der Waals surface area contributed by atoms with Gasteiger partial charge < -0.3 is 5.11 Å². The third-order valence-corrected chi connectivity index (χ3v) is 1.90. The van der Waals surface area contributed by atoms with E-state index in [0.717, 1.165) is 19.3 Å². The number of aliphatic carboxylic acids is 1. The quantitative estimate of drug-likeness (QED) is 0.464. The second kappa shape index (κ2) is 9.30. The van der Waals surface area contributed by atoms with Crippen molar-refractivity contribution in [3.63, 3.8) is 0 Å².